The molecule has 0 amide bonds. The summed E-state index contributed by atoms with van der Waals surface area (Å²) in [6, 6.07) is 59.7. The summed E-state index contributed by atoms with van der Waals surface area (Å²) in [5.41, 5.74) is 14.2. The highest BCUT2D eigenvalue weighted by molar-refractivity contribution is 5.97. The van der Waals surface area contributed by atoms with E-state index in [1.807, 2.05) is 36.4 Å². The molecule has 13 rings (SSSR count). The minimum atomic E-state index is 0.0697. The Morgan fingerprint density at radius 1 is 0.357 bits per heavy atom. The predicted molar refractivity (Wildman–Crippen MR) is 228 cm³/mol. The van der Waals surface area contributed by atoms with E-state index in [0.29, 0.717) is 29.3 Å². The zero-order valence-corrected chi connectivity index (χ0v) is 31.3. The summed E-state index contributed by atoms with van der Waals surface area (Å²) in [4.78, 5) is 15.0. The molecule has 4 saturated carbocycles. The van der Waals surface area contributed by atoms with Crippen molar-refractivity contribution in [1.29, 1.82) is 0 Å². The van der Waals surface area contributed by atoms with Gasteiger partial charge < -0.3 is 0 Å². The number of benzene rings is 7. The third kappa shape index (κ3) is 4.86. The summed E-state index contributed by atoms with van der Waals surface area (Å²) < 4.78 is 0. The number of rotatable bonds is 5. The van der Waals surface area contributed by atoms with Crippen molar-refractivity contribution in [1.82, 2.24) is 15.0 Å². The van der Waals surface area contributed by atoms with Gasteiger partial charge in [-0.15, -0.1) is 0 Å². The molecule has 5 aliphatic carbocycles. The standard InChI is InChI=1S/C53H41N3/c1-3-12-35(13-4-1)50-54-51(36-14-5-2-6-15-36)56-52(55-50)42-21-10-19-38(30-42)37-18-9-20-41(29-37)45-22-11-23-46-47-31-39-16-7-8-17-40(39)32-48(47)53(49(45)46)43-25-33-24-34(27-43)28-44(53)26-33/h1-23,29-34,43-44H,24-28H2. The van der Waals surface area contributed by atoms with Gasteiger partial charge in [-0.1, -0.05) is 140 Å². The number of fused-ring (bicyclic) bond motifs is 4. The van der Waals surface area contributed by atoms with E-state index < -0.39 is 0 Å². The van der Waals surface area contributed by atoms with Crippen LogP contribution in [-0.4, -0.2) is 15.0 Å². The predicted octanol–water partition coefficient (Wildman–Crippen LogP) is 13.1. The molecule has 268 valence electrons. The molecule has 1 heterocycles. The molecule has 0 atom stereocenters. The second-order valence-electron chi connectivity index (χ2n) is 16.8. The first kappa shape index (κ1) is 32.1. The van der Waals surface area contributed by atoms with E-state index in [4.69, 9.17) is 15.0 Å². The molecule has 7 aromatic carbocycles. The average molecular weight is 720 g/mol. The van der Waals surface area contributed by atoms with E-state index in [1.165, 1.54) is 70.7 Å². The van der Waals surface area contributed by atoms with Gasteiger partial charge in [0.1, 0.15) is 0 Å². The van der Waals surface area contributed by atoms with Crippen LogP contribution in [0.1, 0.15) is 43.2 Å². The van der Waals surface area contributed by atoms with Crippen molar-refractivity contribution in [2.75, 3.05) is 0 Å². The highest BCUT2D eigenvalue weighted by atomic mass is 15.0. The summed E-state index contributed by atoms with van der Waals surface area (Å²) >= 11 is 0. The third-order valence-corrected chi connectivity index (χ3v) is 13.9. The van der Waals surface area contributed by atoms with Crippen LogP contribution in [0, 0.1) is 23.7 Å². The Kier molecular flexibility index (Phi) is 7.11. The van der Waals surface area contributed by atoms with Gasteiger partial charge in [0.2, 0.25) is 0 Å². The Hall–Kier alpha value is -6.19. The topological polar surface area (TPSA) is 38.7 Å². The first-order valence-corrected chi connectivity index (χ1v) is 20.4. The van der Waals surface area contributed by atoms with Crippen LogP contribution >= 0.6 is 0 Å². The van der Waals surface area contributed by atoms with Gasteiger partial charge >= 0.3 is 0 Å². The van der Waals surface area contributed by atoms with E-state index in [-0.39, 0.29) is 5.41 Å². The monoisotopic (exact) mass is 719 g/mol. The molecule has 8 aromatic rings. The molecule has 1 spiro atoms. The van der Waals surface area contributed by atoms with Crippen molar-refractivity contribution in [3.63, 3.8) is 0 Å². The number of aromatic nitrogens is 3. The fourth-order valence-corrected chi connectivity index (χ4v) is 11.8. The lowest BCUT2D eigenvalue weighted by atomic mass is 9.42. The molecule has 0 radical (unpaired) electrons. The van der Waals surface area contributed by atoms with Crippen molar-refractivity contribution in [2.24, 2.45) is 23.7 Å². The Balaban J connectivity index is 0.993. The Labute approximate surface area is 328 Å². The number of hydrogen-bond donors (Lipinski definition) is 0. The van der Waals surface area contributed by atoms with E-state index in [0.717, 1.165) is 34.1 Å². The van der Waals surface area contributed by atoms with Gasteiger partial charge in [0.25, 0.3) is 0 Å². The maximum atomic E-state index is 5.04. The fourth-order valence-electron chi connectivity index (χ4n) is 11.8. The summed E-state index contributed by atoms with van der Waals surface area (Å²) in [5, 5.41) is 2.72. The molecule has 4 bridgehead atoms. The molecular formula is C53H41N3. The summed E-state index contributed by atoms with van der Waals surface area (Å²) in [5.74, 6) is 5.21. The van der Waals surface area contributed by atoms with Gasteiger partial charge in [-0.2, -0.15) is 0 Å². The summed E-state index contributed by atoms with van der Waals surface area (Å²) in [7, 11) is 0. The lowest BCUT2D eigenvalue weighted by molar-refractivity contribution is -0.0396. The highest BCUT2D eigenvalue weighted by Crippen LogP contribution is 2.70. The van der Waals surface area contributed by atoms with Gasteiger partial charge in [-0.25, -0.2) is 15.0 Å². The van der Waals surface area contributed by atoms with Gasteiger partial charge in [0.05, 0.1) is 0 Å². The highest BCUT2D eigenvalue weighted by Gasteiger charge is 2.62. The number of nitrogens with zero attached hydrogens (tertiary/aromatic N) is 3. The van der Waals surface area contributed by atoms with Crippen LogP contribution < -0.4 is 0 Å². The van der Waals surface area contributed by atoms with Gasteiger partial charge in [-0.3, -0.25) is 0 Å². The minimum absolute atomic E-state index is 0.0697. The molecule has 1 aromatic heterocycles. The Bertz CT molecular complexity index is 2740. The molecule has 56 heavy (non-hydrogen) atoms. The van der Waals surface area contributed by atoms with E-state index in [1.54, 1.807) is 11.1 Å². The molecule has 0 aliphatic heterocycles. The third-order valence-electron chi connectivity index (χ3n) is 13.9. The fraction of sp³-hybridized carbons (Fsp3) is 0.189. The van der Waals surface area contributed by atoms with Crippen molar-refractivity contribution < 1.29 is 0 Å². The molecule has 4 fully saturated rings. The van der Waals surface area contributed by atoms with Crippen molar-refractivity contribution >= 4 is 10.8 Å². The van der Waals surface area contributed by atoms with Gasteiger partial charge in [-0.05, 0) is 135 Å². The molecule has 5 aliphatic rings. The van der Waals surface area contributed by atoms with E-state index >= 15 is 0 Å². The smallest absolute Gasteiger partial charge is 0.164 e. The first-order chi connectivity index (χ1) is 27.7. The van der Waals surface area contributed by atoms with Crippen LogP contribution in [0.25, 0.3) is 78.3 Å². The van der Waals surface area contributed by atoms with Gasteiger partial charge in [0.15, 0.2) is 17.5 Å². The Morgan fingerprint density at radius 3 is 1.45 bits per heavy atom. The average Bonchev–Trinajstić information content (AvgIpc) is 3.54. The lowest BCUT2D eigenvalue weighted by Gasteiger charge is -2.61. The van der Waals surface area contributed by atoms with Crippen LogP contribution in [0.2, 0.25) is 0 Å². The van der Waals surface area contributed by atoms with Crippen molar-refractivity contribution in [3.8, 4) is 67.5 Å². The largest absolute Gasteiger partial charge is 0.208 e. The summed E-state index contributed by atoms with van der Waals surface area (Å²) in [6.07, 6.45) is 6.93. The lowest BCUT2D eigenvalue weighted by Crippen LogP contribution is -2.55. The molecule has 0 N–H and O–H groups in total. The van der Waals surface area contributed by atoms with E-state index in [9.17, 15) is 0 Å². The normalized spacial score (nSPS) is 22.7. The van der Waals surface area contributed by atoms with Crippen LogP contribution in [0.3, 0.4) is 0 Å². The second kappa shape index (κ2) is 12.4. The van der Waals surface area contributed by atoms with Crippen LogP contribution in [0.15, 0.2) is 164 Å². The first-order valence-electron chi connectivity index (χ1n) is 20.4. The van der Waals surface area contributed by atoms with E-state index in [2.05, 4.69) is 127 Å². The molecule has 3 nitrogen and oxygen atoms in total. The van der Waals surface area contributed by atoms with Gasteiger partial charge in [0, 0.05) is 22.1 Å². The van der Waals surface area contributed by atoms with Crippen LogP contribution in [0.5, 0.6) is 0 Å². The maximum absolute atomic E-state index is 5.04. The quantitative estimate of drug-likeness (QED) is 0.178. The summed E-state index contributed by atoms with van der Waals surface area (Å²) in [6.45, 7) is 0. The molecular weight excluding hydrogens is 679 g/mol. The SMILES string of the molecule is c1ccc(-c2nc(-c3ccccc3)nc(-c3cccc(-c4cccc(-c5cccc6c5C5(c7cc8ccccc8cc7-6)C6CC7CC(C6)CC5C7)c4)c3)n2)cc1. The Morgan fingerprint density at radius 2 is 0.821 bits per heavy atom. The minimum Gasteiger partial charge on any atom is -0.208 e. The maximum Gasteiger partial charge on any atom is 0.164 e. The van der Waals surface area contributed by atoms with Crippen LogP contribution in [-0.2, 0) is 5.41 Å². The number of hydrogen-bond acceptors (Lipinski definition) is 3. The zero-order valence-electron chi connectivity index (χ0n) is 31.3. The second-order valence-corrected chi connectivity index (χ2v) is 16.8. The molecule has 0 saturated heterocycles. The molecule has 3 heteroatoms. The van der Waals surface area contributed by atoms with Crippen molar-refractivity contribution in [2.45, 2.75) is 37.5 Å². The van der Waals surface area contributed by atoms with Crippen LogP contribution in [0.4, 0.5) is 0 Å². The van der Waals surface area contributed by atoms with Crippen molar-refractivity contribution in [3.05, 3.63) is 175 Å². The molecule has 0 unspecified atom stereocenters. The zero-order chi connectivity index (χ0) is 36.8.